The van der Waals surface area contributed by atoms with Crippen LogP contribution in [0.4, 0.5) is 17.1 Å². The molecule has 36 heavy (non-hydrogen) atoms. The van der Waals surface area contributed by atoms with Gasteiger partial charge in [-0.1, -0.05) is 11.6 Å². The van der Waals surface area contributed by atoms with Crippen molar-refractivity contribution >= 4 is 46.4 Å². The molecule has 1 heterocycles. The Morgan fingerprint density at radius 3 is 2.14 bits per heavy atom. The maximum atomic E-state index is 12.9. The van der Waals surface area contributed by atoms with Crippen LogP contribution < -0.4 is 19.7 Å². The first-order chi connectivity index (χ1) is 17.3. The first-order valence-corrected chi connectivity index (χ1v) is 11.0. The number of amides is 2. The molecule has 10 nitrogen and oxygen atoms in total. The summed E-state index contributed by atoms with van der Waals surface area (Å²) in [5, 5.41) is 13.3. The highest BCUT2D eigenvalue weighted by atomic mass is 35.5. The number of nitrogens with one attached hydrogen (secondary N) is 1. The van der Waals surface area contributed by atoms with Gasteiger partial charge in [-0.3, -0.25) is 19.7 Å². The van der Waals surface area contributed by atoms with E-state index >= 15 is 0 Å². The molecule has 3 aromatic rings. The summed E-state index contributed by atoms with van der Waals surface area (Å²) in [5.41, 5.74) is 0.720. The molecule has 0 saturated carbocycles. The van der Waals surface area contributed by atoms with Crippen LogP contribution in [0.25, 0.3) is 0 Å². The fourth-order valence-corrected chi connectivity index (χ4v) is 3.55. The molecule has 182 valence electrons. The molecule has 0 radical (unpaired) electrons. The number of rotatable bonds is 8. The third-order valence-electron chi connectivity index (χ3n) is 5.08. The number of carbonyl (C=O) groups is 3. The summed E-state index contributed by atoms with van der Waals surface area (Å²) >= 11 is 6.17. The second-order valence-electron chi connectivity index (χ2n) is 7.40. The zero-order valence-corrected chi connectivity index (χ0v) is 19.5. The molecular weight excluding hydrogens is 490 g/mol. The highest BCUT2D eigenvalue weighted by Crippen LogP contribution is 2.31. The van der Waals surface area contributed by atoms with Crippen LogP contribution in [0, 0.1) is 10.1 Å². The number of imide groups is 1. The van der Waals surface area contributed by atoms with Gasteiger partial charge >= 0.3 is 5.97 Å². The number of nitro benzene ring substituents is 1. The van der Waals surface area contributed by atoms with Gasteiger partial charge in [0.05, 0.1) is 22.8 Å². The average molecular weight is 508 g/mol. The van der Waals surface area contributed by atoms with Crippen LogP contribution in [0.2, 0.25) is 0 Å². The lowest BCUT2D eigenvalue weighted by Crippen LogP contribution is -2.32. The molecule has 0 atom stereocenters. The molecule has 1 aliphatic rings. The number of esters is 1. The number of ether oxygens (including phenoxy) is 2. The molecule has 4 rings (SSSR count). The molecule has 0 aromatic heterocycles. The van der Waals surface area contributed by atoms with Gasteiger partial charge in [0.25, 0.3) is 17.5 Å². The van der Waals surface area contributed by atoms with E-state index in [1.54, 1.807) is 24.3 Å². The fraction of sp³-hybridized carbons (Fsp3) is 0.0800. The summed E-state index contributed by atoms with van der Waals surface area (Å²) < 4.78 is 10.6. The third-order valence-corrected chi connectivity index (χ3v) is 5.43. The Kier molecular flexibility index (Phi) is 6.98. The summed E-state index contributed by atoms with van der Waals surface area (Å²) in [6.07, 6.45) is 0. The average Bonchev–Trinajstić information content (AvgIpc) is 3.08. The van der Waals surface area contributed by atoms with Gasteiger partial charge < -0.3 is 14.8 Å². The minimum atomic E-state index is -0.679. The number of hydrogen-bond donors (Lipinski definition) is 1. The Bertz CT molecular complexity index is 1370. The first-order valence-electron chi connectivity index (χ1n) is 10.6. The Morgan fingerprint density at radius 2 is 1.56 bits per heavy atom. The van der Waals surface area contributed by atoms with Crippen molar-refractivity contribution in [3.05, 3.63) is 99.2 Å². The van der Waals surface area contributed by atoms with Crippen molar-refractivity contribution in [2.24, 2.45) is 0 Å². The van der Waals surface area contributed by atoms with Gasteiger partial charge in [0, 0.05) is 17.8 Å². The number of nitrogens with zero attached hydrogens (tertiary/aromatic N) is 2. The number of non-ortho nitro benzene ring substituents is 1. The summed E-state index contributed by atoms with van der Waals surface area (Å²) in [4.78, 5) is 49.1. The predicted octanol–water partition coefficient (Wildman–Crippen LogP) is 4.65. The molecular formula is C25H18ClN3O7. The lowest BCUT2D eigenvalue weighted by Gasteiger charge is -2.15. The van der Waals surface area contributed by atoms with E-state index in [0.717, 1.165) is 4.90 Å². The summed E-state index contributed by atoms with van der Waals surface area (Å²) in [7, 11) is 0. The molecule has 3 aromatic carbocycles. The molecule has 1 aliphatic heterocycles. The molecule has 11 heteroatoms. The van der Waals surface area contributed by atoms with Crippen LogP contribution in [0.3, 0.4) is 0 Å². The van der Waals surface area contributed by atoms with Gasteiger partial charge in [-0.25, -0.2) is 9.69 Å². The van der Waals surface area contributed by atoms with Crippen molar-refractivity contribution in [1.82, 2.24) is 0 Å². The zero-order valence-electron chi connectivity index (χ0n) is 18.8. The number of nitro groups is 1. The van der Waals surface area contributed by atoms with E-state index in [9.17, 15) is 24.5 Å². The minimum Gasteiger partial charge on any atom is -0.494 e. The molecule has 0 bridgehead atoms. The lowest BCUT2D eigenvalue weighted by molar-refractivity contribution is -0.384. The van der Waals surface area contributed by atoms with E-state index in [4.69, 9.17) is 21.1 Å². The Balaban J connectivity index is 1.43. The number of halogens is 1. The monoisotopic (exact) mass is 507 g/mol. The maximum absolute atomic E-state index is 12.9. The van der Waals surface area contributed by atoms with Gasteiger partial charge in [0.15, 0.2) is 0 Å². The maximum Gasteiger partial charge on any atom is 0.343 e. The van der Waals surface area contributed by atoms with E-state index < -0.39 is 22.7 Å². The Morgan fingerprint density at radius 1 is 0.944 bits per heavy atom. The Labute approximate surface area is 209 Å². The van der Waals surface area contributed by atoms with Crippen molar-refractivity contribution in [3.8, 4) is 11.5 Å². The van der Waals surface area contributed by atoms with E-state index in [2.05, 4.69) is 5.32 Å². The van der Waals surface area contributed by atoms with Crippen molar-refractivity contribution in [1.29, 1.82) is 0 Å². The van der Waals surface area contributed by atoms with E-state index in [-0.39, 0.29) is 27.7 Å². The van der Waals surface area contributed by atoms with E-state index in [1.165, 1.54) is 48.5 Å². The summed E-state index contributed by atoms with van der Waals surface area (Å²) in [6.45, 7) is 2.33. The van der Waals surface area contributed by atoms with Crippen LogP contribution in [0.1, 0.15) is 17.3 Å². The molecule has 0 fully saturated rings. The van der Waals surface area contributed by atoms with Crippen molar-refractivity contribution in [2.75, 3.05) is 16.8 Å². The zero-order chi connectivity index (χ0) is 25.8. The molecule has 0 saturated heterocycles. The quantitative estimate of drug-likeness (QED) is 0.153. The smallest absolute Gasteiger partial charge is 0.343 e. The van der Waals surface area contributed by atoms with Crippen LogP contribution >= 0.6 is 11.6 Å². The van der Waals surface area contributed by atoms with Crippen molar-refractivity contribution in [2.45, 2.75) is 6.92 Å². The second kappa shape index (κ2) is 10.3. The van der Waals surface area contributed by atoms with E-state index in [0.29, 0.717) is 23.7 Å². The minimum absolute atomic E-state index is 0.100. The standard InChI is InChI=1S/C25H18ClN3O7/c1-2-35-19-11-7-17(8-12-19)28-23(30)21(26)22(24(28)31)27-16-5-3-15(4-6-16)25(32)36-20-13-9-18(10-14-20)29(33)34/h3-14,27H,2H2,1H3. The van der Waals surface area contributed by atoms with Crippen molar-refractivity contribution < 1.29 is 28.8 Å². The van der Waals surface area contributed by atoms with Crippen LogP contribution in [0.15, 0.2) is 83.5 Å². The largest absolute Gasteiger partial charge is 0.494 e. The third kappa shape index (κ3) is 5.03. The lowest BCUT2D eigenvalue weighted by atomic mass is 10.2. The molecule has 2 amide bonds. The first kappa shape index (κ1) is 24.4. The number of hydrogen-bond acceptors (Lipinski definition) is 8. The SMILES string of the molecule is CCOc1ccc(N2C(=O)C(Cl)=C(Nc3ccc(C(=O)Oc4ccc([N+](=O)[O-])cc4)cc3)C2=O)cc1. The highest BCUT2D eigenvalue weighted by molar-refractivity contribution is 6.53. The Hall–Kier alpha value is -4.70. The van der Waals surface area contributed by atoms with Gasteiger partial charge in [-0.2, -0.15) is 0 Å². The van der Waals surface area contributed by atoms with Crippen molar-refractivity contribution in [3.63, 3.8) is 0 Å². The van der Waals surface area contributed by atoms with Crippen LogP contribution in [-0.4, -0.2) is 29.3 Å². The van der Waals surface area contributed by atoms with Gasteiger partial charge in [-0.15, -0.1) is 0 Å². The molecule has 0 unspecified atom stereocenters. The predicted molar refractivity (Wildman–Crippen MR) is 131 cm³/mol. The molecule has 0 aliphatic carbocycles. The van der Waals surface area contributed by atoms with E-state index in [1.807, 2.05) is 6.92 Å². The molecule has 1 N–H and O–H groups in total. The number of carbonyl (C=O) groups excluding carboxylic acids is 3. The fourth-order valence-electron chi connectivity index (χ4n) is 3.34. The summed E-state index contributed by atoms with van der Waals surface area (Å²) in [6, 6.07) is 17.5. The van der Waals surface area contributed by atoms with Gasteiger partial charge in [0.2, 0.25) is 0 Å². The van der Waals surface area contributed by atoms with Crippen LogP contribution in [0.5, 0.6) is 11.5 Å². The van der Waals surface area contributed by atoms with Gasteiger partial charge in [0.1, 0.15) is 22.2 Å². The van der Waals surface area contributed by atoms with Crippen LogP contribution in [-0.2, 0) is 9.59 Å². The highest BCUT2D eigenvalue weighted by Gasteiger charge is 2.39. The molecule has 0 spiro atoms. The summed E-state index contributed by atoms with van der Waals surface area (Å²) in [5.74, 6) is -1.23. The van der Waals surface area contributed by atoms with Gasteiger partial charge in [-0.05, 0) is 67.6 Å². The number of anilines is 2. The normalized spacial score (nSPS) is 13.1. The topological polar surface area (TPSA) is 128 Å². The number of benzene rings is 3. The second-order valence-corrected chi connectivity index (χ2v) is 7.78.